The lowest BCUT2D eigenvalue weighted by molar-refractivity contribution is -0.134. The Bertz CT molecular complexity index is 405. The van der Waals surface area contributed by atoms with Crippen molar-refractivity contribution in [3.05, 3.63) is 35.9 Å². The van der Waals surface area contributed by atoms with E-state index in [0.29, 0.717) is 6.42 Å². The first-order chi connectivity index (χ1) is 10.1. The van der Waals surface area contributed by atoms with Gasteiger partial charge in [-0.2, -0.15) is 0 Å². The van der Waals surface area contributed by atoms with E-state index < -0.39 is 6.04 Å². The highest BCUT2D eigenvalue weighted by Crippen LogP contribution is 2.11. The molecule has 3 heteroatoms. The van der Waals surface area contributed by atoms with Gasteiger partial charge < -0.3 is 10.6 Å². The normalized spacial score (nSPS) is 13.7. The van der Waals surface area contributed by atoms with Crippen molar-refractivity contribution < 1.29 is 4.79 Å². The highest BCUT2D eigenvalue weighted by atomic mass is 16.2. The van der Waals surface area contributed by atoms with Crippen molar-refractivity contribution in [3.8, 4) is 0 Å². The number of hydrogen-bond acceptors (Lipinski definition) is 2. The van der Waals surface area contributed by atoms with Gasteiger partial charge in [0.25, 0.3) is 0 Å². The summed E-state index contributed by atoms with van der Waals surface area (Å²) in [6, 6.07) is 10.1. The quantitative estimate of drug-likeness (QED) is 0.758. The lowest BCUT2D eigenvalue weighted by atomic mass is 10.0. The van der Waals surface area contributed by atoms with Crippen molar-refractivity contribution in [2.24, 2.45) is 5.73 Å². The van der Waals surface area contributed by atoms with Crippen LogP contribution >= 0.6 is 0 Å². The van der Waals surface area contributed by atoms with Gasteiger partial charge in [0.05, 0.1) is 6.04 Å². The largest absolute Gasteiger partial charge is 0.339 e. The molecule has 2 atom stereocenters. The van der Waals surface area contributed by atoms with E-state index in [1.54, 1.807) is 0 Å². The Labute approximate surface area is 129 Å². The van der Waals surface area contributed by atoms with Gasteiger partial charge in [0.1, 0.15) is 0 Å². The Morgan fingerprint density at radius 3 is 2.48 bits per heavy atom. The number of benzene rings is 1. The summed E-state index contributed by atoms with van der Waals surface area (Å²) in [5.41, 5.74) is 7.38. The summed E-state index contributed by atoms with van der Waals surface area (Å²) in [6.07, 6.45) is 4.68. The third-order valence-corrected chi connectivity index (χ3v) is 4.06. The molecule has 0 saturated heterocycles. The van der Waals surface area contributed by atoms with Gasteiger partial charge in [0.15, 0.2) is 0 Å². The Morgan fingerprint density at radius 2 is 1.90 bits per heavy atom. The molecular formula is C18H30N2O. The van der Waals surface area contributed by atoms with Gasteiger partial charge in [0, 0.05) is 12.6 Å². The van der Waals surface area contributed by atoms with Crippen molar-refractivity contribution >= 4 is 5.91 Å². The van der Waals surface area contributed by atoms with Crippen LogP contribution in [0, 0.1) is 0 Å². The zero-order valence-corrected chi connectivity index (χ0v) is 13.7. The van der Waals surface area contributed by atoms with Crippen molar-refractivity contribution in [1.29, 1.82) is 0 Å². The molecule has 0 heterocycles. The van der Waals surface area contributed by atoms with Crippen LogP contribution in [0.3, 0.4) is 0 Å². The molecule has 0 saturated carbocycles. The van der Waals surface area contributed by atoms with Crippen LogP contribution in [-0.4, -0.2) is 29.4 Å². The van der Waals surface area contributed by atoms with E-state index in [2.05, 4.69) is 32.9 Å². The van der Waals surface area contributed by atoms with Crippen LogP contribution in [-0.2, 0) is 11.2 Å². The zero-order valence-electron chi connectivity index (χ0n) is 13.7. The van der Waals surface area contributed by atoms with E-state index in [4.69, 9.17) is 5.73 Å². The van der Waals surface area contributed by atoms with Gasteiger partial charge >= 0.3 is 0 Å². The van der Waals surface area contributed by atoms with Gasteiger partial charge in [-0.25, -0.2) is 0 Å². The SMILES string of the molecule is CCCCN(C(=O)C(N)CCc1ccccc1)C(C)CC. The van der Waals surface area contributed by atoms with Crippen molar-refractivity contribution in [1.82, 2.24) is 4.90 Å². The van der Waals surface area contributed by atoms with E-state index in [1.165, 1.54) is 5.56 Å². The topological polar surface area (TPSA) is 46.3 Å². The second kappa shape index (κ2) is 9.56. The standard InChI is InChI=1S/C18H30N2O/c1-4-6-14-20(15(3)5-2)18(21)17(19)13-12-16-10-8-7-9-11-16/h7-11,15,17H,4-6,12-14,19H2,1-3H3. The average molecular weight is 290 g/mol. The molecular weight excluding hydrogens is 260 g/mol. The minimum Gasteiger partial charge on any atom is -0.339 e. The zero-order chi connectivity index (χ0) is 15.7. The molecule has 0 aliphatic carbocycles. The second-order valence-electron chi connectivity index (χ2n) is 5.77. The Hall–Kier alpha value is -1.35. The van der Waals surface area contributed by atoms with Gasteiger partial charge in [-0.3, -0.25) is 4.79 Å². The van der Waals surface area contributed by atoms with E-state index in [-0.39, 0.29) is 11.9 Å². The van der Waals surface area contributed by atoms with Crippen molar-refractivity contribution in [2.45, 2.75) is 65.0 Å². The predicted octanol–water partition coefficient (Wildman–Crippen LogP) is 3.37. The molecule has 0 aliphatic rings. The maximum Gasteiger partial charge on any atom is 0.239 e. The average Bonchev–Trinajstić information content (AvgIpc) is 2.53. The summed E-state index contributed by atoms with van der Waals surface area (Å²) in [5.74, 6) is 0.105. The molecule has 0 spiro atoms. The molecule has 0 aliphatic heterocycles. The van der Waals surface area contributed by atoms with Crippen molar-refractivity contribution in [2.75, 3.05) is 6.54 Å². The number of unbranched alkanes of at least 4 members (excludes halogenated alkanes) is 1. The molecule has 2 N–H and O–H groups in total. The molecule has 0 aromatic heterocycles. The first-order valence-corrected chi connectivity index (χ1v) is 8.20. The Morgan fingerprint density at radius 1 is 1.24 bits per heavy atom. The number of hydrogen-bond donors (Lipinski definition) is 1. The molecule has 1 aromatic carbocycles. The number of amides is 1. The first kappa shape index (κ1) is 17.7. The Balaban J connectivity index is 2.56. The molecule has 21 heavy (non-hydrogen) atoms. The number of nitrogens with two attached hydrogens (primary N) is 1. The number of nitrogens with zero attached hydrogens (tertiary/aromatic N) is 1. The molecule has 2 unspecified atom stereocenters. The summed E-state index contributed by atoms with van der Waals surface area (Å²) in [4.78, 5) is 14.5. The minimum absolute atomic E-state index is 0.105. The third kappa shape index (κ3) is 5.88. The van der Waals surface area contributed by atoms with Crippen LogP contribution in [0.4, 0.5) is 0 Å². The Kier molecular flexibility index (Phi) is 8.06. The summed E-state index contributed by atoms with van der Waals surface area (Å²) in [6.45, 7) is 7.20. The molecule has 0 fully saturated rings. The van der Waals surface area contributed by atoms with Crippen LogP contribution in [0.15, 0.2) is 30.3 Å². The smallest absolute Gasteiger partial charge is 0.239 e. The lowest BCUT2D eigenvalue weighted by Crippen LogP contribution is -2.48. The van der Waals surface area contributed by atoms with E-state index in [1.807, 2.05) is 23.1 Å². The maximum atomic E-state index is 12.6. The molecule has 1 aromatic rings. The summed E-state index contributed by atoms with van der Waals surface area (Å²) in [5, 5.41) is 0. The highest BCUT2D eigenvalue weighted by molar-refractivity contribution is 5.81. The molecule has 1 amide bonds. The van der Waals surface area contributed by atoms with Crippen molar-refractivity contribution in [3.63, 3.8) is 0 Å². The maximum absolute atomic E-state index is 12.6. The monoisotopic (exact) mass is 290 g/mol. The van der Waals surface area contributed by atoms with Gasteiger partial charge in [-0.05, 0) is 38.2 Å². The third-order valence-electron chi connectivity index (χ3n) is 4.06. The molecule has 0 bridgehead atoms. The van der Waals surface area contributed by atoms with Gasteiger partial charge in [-0.15, -0.1) is 0 Å². The fraction of sp³-hybridized carbons (Fsp3) is 0.611. The van der Waals surface area contributed by atoms with E-state index in [0.717, 1.165) is 32.2 Å². The summed E-state index contributed by atoms with van der Waals surface area (Å²) >= 11 is 0. The van der Waals surface area contributed by atoms with Crippen LogP contribution in [0.1, 0.15) is 52.0 Å². The minimum atomic E-state index is -0.393. The summed E-state index contributed by atoms with van der Waals surface area (Å²) in [7, 11) is 0. The van der Waals surface area contributed by atoms with E-state index in [9.17, 15) is 4.79 Å². The second-order valence-corrected chi connectivity index (χ2v) is 5.77. The first-order valence-electron chi connectivity index (χ1n) is 8.20. The predicted molar refractivity (Wildman–Crippen MR) is 89.1 cm³/mol. The van der Waals surface area contributed by atoms with Gasteiger partial charge in [-0.1, -0.05) is 50.6 Å². The number of aryl methyl sites for hydroxylation is 1. The molecule has 0 radical (unpaired) electrons. The molecule has 1 rings (SSSR count). The van der Waals surface area contributed by atoms with Crippen LogP contribution in [0.25, 0.3) is 0 Å². The summed E-state index contributed by atoms with van der Waals surface area (Å²) < 4.78 is 0. The molecule has 3 nitrogen and oxygen atoms in total. The lowest BCUT2D eigenvalue weighted by Gasteiger charge is -2.31. The highest BCUT2D eigenvalue weighted by Gasteiger charge is 2.23. The van der Waals surface area contributed by atoms with Crippen LogP contribution < -0.4 is 5.73 Å². The number of carbonyl (C=O) groups excluding carboxylic acids is 1. The van der Waals surface area contributed by atoms with Gasteiger partial charge in [0.2, 0.25) is 5.91 Å². The number of rotatable bonds is 9. The number of carbonyl (C=O) groups is 1. The van der Waals surface area contributed by atoms with E-state index >= 15 is 0 Å². The van der Waals surface area contributed by atoms with Crippen LogP contribution in [0.2, 0.25) is 0 Å². The fourth-order valence-electron chi connectivity index (χ4n) is 2.40. The van der Waals surface area contributed by atoms with Crippen LogP contribution in [0.5, 0.6) is 0 Å². The fourth-order valence-corrected chi connectivity index (χ4v) is 2.40. The molecule has 118 valence electrons.